The molecule has 0 fully saturated rings. The Morgan fingerprint density at radius 1 is 0.105 bits per heavy atom. The largest absolute Gasteiger partial charge is 0.0619 e. The molecule has 0 heteroatoms. The molecular formula is C105H72. The van der Waals surface area contributed by atoms with E-state index < -0.39 is 0 Å². The highest BCUT2D eigenvalue weighted by atomic mass is 14.2. The van der Waals surface area contributed by atoms with Crippen LogP contribution in [0, 0.1) is 0 Å². The smallest absolute Gasteiger partial charge is 0.00135 e. The fourth-order valence-corrected chi connectivity index (χ4v) is 16.2. The summed E-state index contributed by atoms with van der Waals surface area (Å²) >= 11 is 0. The summed E-state index contributed by atoms with van der Waals surface area (Å²) in [5.74, 6) is 0. The summed E-state index contributed by atoms with van der Waals surface area (Å²) in [5.41, 5.74) is 11.2. The lowest BCUT2D eigenvalue weighted by Crippen LogP contribution is -1.82. The third kappa shape index (κ3) is 12.4. The van der Waals surface area contributed by atoms with Crippen LogP contribution in [0.1, 0.15) is 11.1 Å². The molecule has 0 aliphatic heterocycles. The third-order valence-electron chi connectivity index (χ3n) is 21.1. The molecule has 0 amide bonds. The predicted molar refractivity (Wildman–Crippen MR) is 457 cm³/mol. The molecule has 0 bridgehead atoms. The van der Waals surface area contributed by atoms with E-state index in [1.807, 2.05) is 0 Å². The number of benzene rings is 22. The van der Waals surface area contributed by atoms with Crippen molar-refractivity contribution >= 4 is 140 Å². The molecule has 0 saturated heterocycles. The molecule has 0 saturated carbocycles. The van der Waals surface area contributed by atoms with Gasteiger partial charge in [0.05, 0.1) is 0 Å². The van der Waals surface area contributed by atoms with Gasteiger partial charge in [-0.2, -0.15) is 0 Å². The second-order valence-electron chi connectivity index (χ2n) is 27.2. The van der Waals surface area contributed by atoms with E-state index in [1.54, 1.807) is 0 Å². The molecule has 0 unspecified atom stereocenters. The Morgan fingerprint density at radius 2 is 0.295 bits per heavy atom. The topological polar surface area (TPSA) is 0 Å². The first kappa shape index (κ1) is 63.6. The highest BCUT2D eigenvalue weighted by Gasteiger charge is 2.20. The molecule has 0 spiro atoms. The fourth-order valence-electron chi connectivity index (χ4n) is 16.2. The van der Waals surface area contributed by atoms with Crippen LogP contribution >= 0.6 is 0 Å². The average molecular weight is 1330 g/mol. The fraction of sp³-hybridized carbons (Fsp3) is 0.00952. The molecule has 22 aromatic carbocycles. The van der Waals surface area contributed by atoms with Crippen molar-refractivity contribution in [3.05, 3.63) is 436 Å². The maximum absolute atomic E-state index is 2.24. The van der Waals surface area contributed by atoms with Crippen molar-refractivity contribution in [1.29, 1.82) is 0 Å². The molecule has 0 heterocycles. The monoisotopic (exact) mass is 1330 g/mol. The average Bonchev–Trinajstić information content (AvgIpc) is 1.52. The Bertz CT molecular complexity index is 6310. The zero-order chi connectivity index (χ0) is 69.8. The Labute approximate surface area is 611 Å². The van der Waals surface area contributed by atoms with Gasteiger partial charge in [0, 0.05) is 0 Å². The lowest BCUT2D eigenvalue weighted by Gasteiger charge is -2.09. The van der Waals surface area contributed by atoms with Crippen LogP contribution in [0.15, 0.2) is 425 Å². The van der Waals surface area contributed by atoms with E-state index in [0.717, 1.165) is 6.42 Å². The molecule has 24 rings (SSSR count). The van der Waals surface area contributed by atoms with Crippen molar-refractivity contribution in [1.82, 2.24) is 0 Å². The first-order valence-electron chi connectivity index (χ1n) is 36.4. The van der Waals surface area contributed by atoms with Crippen LogP contribution in [0.5, 0.6) is 0 Å². The van der Waals surface area contributed by atoms with Gasteiger partial charge in [0.1, 0.15) is 0 Å². The number of hydrogen-bond donors (Lipinski definition) is 0. The summed E-state index contributed by atoms with van der Waals surface area (Å²) < 4.78 is 0. The maximum atomic E-state index is 2.24. The van der Waals surface area contributed by atoms with E-state index >= 15 is 0 Å². The standard InChI is InChI=1S/2C18H12.2C16H10.C14H10.C13H10.C10H8/c1-3-7-15-13(5-1)9-11-18-16-8-4-2-6-14(16)10-12-17(15)18;1-2-8-14-13(7-1)15-9-3-4-11-17(15)18-12-6-5-10-16(14)18;1-3-11-7-9-13-5-2-6-14-10-8-12(4-1)15(11)16(13)14;1-2-8-13-12(7-1)14-9-3-5-11-6-4-10-15(13)16(11)14;1-3-7-13-11(5-1)9-10-12-6-2-4-8-14(12)13;1-3-7-12-10(5-1)9-11-6-2-4-8-13(11)12;1-2-6-10-8-4-3-7-9(10)5-1/h2*1-12H;2*1-10H;1-10H;1-8H,9H2;1-8H. The normalized spacial score (nSPS) is 11.4. The molecule has 2 aliphatic rings. The Hall–Kier alpha value is -13.5. The van der Waals surface area contributed by atoms with E-state index in [-0.39, 0.29) is 0 Å². The van der Waals surface area contributed by atoms with Gasteiger partial charge in [0.25, 0.3) is 0 Å². The Balaban J connectivity index is 0.0000000876. The Morgan fingerprint density at radius 3 is 0.619 bits per heavy atom. The van der Waals surface area contributed by atoms with E-state index in [9.17, 15) is 0 Å². The van der Waals surface area contributed by atoms with Gasteiger partial charge in [-0.3, -0.25) is 0 Å². The van der Waals surface area contributed by atoms with Crippen molar-refractivity contribution in [3.63, 3.8) is 0 Å². The van der Waals surface area contributed by atoms with Crippen molar-refractivity contribution in [2.24, 2.45) is 0 Å². The molecule has 2 aliphatic carbocycles. The van der Waals surface area contributed by atoms with Gasteiger partial charge >= 0.3 is 0 Å². The molecule has 0 aromatic heterocycles. The highest BCUT2D eigenvalue weighted by molar-refractivity contribution is 6.26. The van der Waals surface area contributed by atoms with Crippen LogP contribution in [-0.4, -0.2) is 0 Å². The molecular weight excluding hydrogens is 1260 g/mol. The Kier molecular flexibility index (Phi) is 17.3. The van der Waals surface area contributed by atoms with Crippen LogP contribution in [0.3, 0.4) is 0 Å². The highest BCUT2D eigenvalue weighted by Crippen LogP contribution is 2.47. The number of rotatable bonds is 0. The molecule has 0 N–H and O–H groups in total. The summed E-state index contributed by atoms with van der Waals surface area (Å²) in [6, 6.07) is 151. The molecule has 105 heavy (non-hydrogen) atoms. The summed E-state index contributed by atoms with van der Waals surface area (Å²) in [5, 5.41) is 34.8. The summed E-state index contributed by atoms with van der Waals surface area (Å²) in [4.78, 5) is 0. The van der Waals surface area contributed by atoms with E-state index in [1.165, 1.54) is 185 Å². The van der Waals surface area contributed by atoms with Crippen molar-refractivity contribution < 1.29 is 0 Å². The van der Waals surface area contributed by atoms with Crippen molar-refractivity contribution in [2.75, 3.05) is 0 Å². The van der Waals surface area contributed by atoms with Crippen molar-refractivity contribution in [3.8, 4) is 33.4 Å². The first-order chi connectivity index (χ1) is 52.1. The summed E-state index contributed by atoms with van der Waals surface area (Å²) in [6.45, 7) is 0. The van der Waals surface area contributed by atoms with Crippen LogP contribution < -0.4 is 0 Å². The quantitative estimate of drug-likeness (QED) is 0.133. The SMILES string of the molecule is c1cc2ccc3cccc4ccc(c1)c2c34.c1ccc2c(c1)-c1cccc3cccc-2c13.c1ccc2c(c1)Cc1ccccc1-2.c1ccc2c(c1)c1ccccc1c1ccccc21.c1ccc2c(c1)ccc1c3ccccc3ccc21.c1ccc2c(c1)ccc1ccccc12.c1ccc2ccccc2c1. The van der Waals surface area contributed by atoms with Gasteiger partial charge in [0.15, 0.2) is 0 Å². The summed E-state index contributed by atoms with van der Waals surface area (Å²) in [7, 11) is 0. The van der Waals surface area contributed by atoms with Crippen LogP contribution in [0.25, 0.3) is 173 Å². The lowest BCUT2D eigenvalue weighted by molar-refractivity contribution is 1.26. The molecule has 492 valence electrons. The zero-order valence-corrected chi connectivity index (χ0v) is 58.1. The second-order valence-corrected chi connectivity index (χ2v) is 27.2. The van der Waals surface area contributed by atoms with Crippen LogP contribution in [0.4, 0.5) is 0 Å². The number of fused-ring (bicyclic) bond motifs is 21. The minimum absolute atomic E-state index is 1.10. The predicted octanol–water partition coefficient (Wildman–Crippen LogP) is 29.5. The zero-order valence-electron chi connectivity index (χ0n) is 58.1. The second kappa shape index (κ2) is 28.5. The maximum Gasteiger partial charge on any atom is -0.00135 e. The first-order valence-corrected chi connectivity index (χ1v) is 36.4. The number of hydrogen-bond acceptors (Lipinski definition) is 0. The van der Waals surface area contributed by atoms with Gasteiger partial charge in [-0.1, -0.05) is 425 Å². The van der Waals surface area contributed by atoms with Crippen LogP contribution in [-0.2, 0) is 6.42 Å². The van der Waals surface area contributed by atoms with E-state index in [4.69, 9.17) is 0 Å². The van der Waals surface area contributed by atoms with Gasteiger partial charge in [-0.15, -0.1) is 0 Å². The van der Waals surface area contributed by atoms with E-state index in [2.05, 4.69) is 425 Å². The molecule has 0 nitrogen and oxygen atoms in total. The van der Waals surface area contributed by atoms with E-state index in [0.29, 0.717) is 0 Å². The van der Waals surface area contributed by atoms with Gasteiger partial charge < -0.3 is 0 Å². The molecule has 0 radical (unpaired) electrons. The molecule has 0 atom stereocenters. The third-order valence-corrected chi connectivity index (χ3v) is 21.1. The van der Waals surface area contributed by atoms with Gasteiger partial charge in [0.2, 0.25) is 0 Å². The van der Waals surface area contributed by atoms with Gasteiger partial charge in [-0.25, -0.2) is 0 Å². The minimum Gasteiger partial charge on any atom is -0.0619 e. The van der Waals surface area contributed by atoms with Crippen molar-refractivity contribution in [2.45, 2.75) is 6.42 Å². The summed E-state index contributed by atoms with van der Waals surface area (Å²) in [6.07, 6.45) is 1.10. The molecule has 22 aromatic rings. The lowest BCUT2D eigenvalue weighted by atomic mass is 9.95. The van der Waals surface area contributed by atoms with Gasteiger partial charge in [-0.05, 0) is 191 Å². The minimum atomic E-state index is 1.10. The van der Waals surface area contributed by atoms with Crippen LogP contribution in [0.2, 0.25) is 0 Å².